The van der Waals surface area contributed by atoms with E-state index in [0.29, 0.717) is 5.16 Å². The number of nitrogens with zero attached hydrogens (tertiary/aromatic N) is 3. The maximum Gasteiger partial charge on any atom is 0.191 e. The topological polar surface area (TPSA) is 47.8 Å². The minimum absolute atomic E-state index is 0.0702. The van der Waals surface area contributed by atoms with Crippen molar-refractivity contribution in [1.82, 2.24) is 14.8 Å². The zero-order valence-corrected chi connectivity index (χ0v) is 15.9. The number of benzene rings is 2. The summed E-state index contributed by atoms with van der Waals surface area (Å²) in [7, 11) is 0. The van der Waals surface area contributed by atoms with Crippen molar-refractivity contribution in [1.29, 1.82) is 0 Å². The predicted octanol–water partition coefficient (Wildman–Crippen LogP) is 4.92. The summed E-state index contributed by atoms with van der Waals surface area (Å²) in [5.74, 6) is -1.46. The van der Waals surface area contributed by atoms with Gasteiger partial charge in [-0.25, -0.2) is 8.78 Å². The molecule has 0 amide bonds. The number of hydrogen-bond acceptors (Lipinski definition) is 4. The Labute approximate surface area is 160 Å². The third-order valence-corrected chi connectivity index (χ3v) is 4.98. The predicted molar refractivity (Wildman–Crippen MR) is 102 cm³/mol. The number of rotatable bonds is 7. The van der Waals surface area contributed by atoms with Gasteiger partial charge in [0.25, 0.3) is 0 Å². The van der Waals surface area contributed by atoms with Crippen LogP contribution in [0.25, 0.3) is 11.4 Å². The zero-order chi connectivity index (χ0) is 19.4. The summed E-state index contributed by atoms with van der Waals surface area (Å²) in [6, 6.07) is 11.2. The van der Waals surface area contributed by atoms with Gasteiger partial charge in [0.1, 0.15) is 0 Å². The van der Waals surface area contributed by atoms with Crippen LogP contribution in [0.5, 0.6) is 0 Å². The molecule has 0 aliphatic rings. The Hall–Kier alpha value is -2.54. The maximum absolute atomic E-state index is 13.3. The van der Waals surface area contributed by atoms with Crippen molar-refractivity contribution in [3.8, 4) is 11.4 Å². The average Bonchev–Trinajstić information content (AvgIpc) is 3.05. The third-order valence-electron chi connectivity index (χ3n) is 4.01. The van der Waals surface area contributed by atoms with E-state index in [2.05, 4.69) is 17.1 Å². The van der Waals surface area contributed by atoms with Crippen molar-refractivity contribution < 1.29 is 13.6 Å². The molecule has 7 heteroatoms. The lowest BCUT2D eigenvalue weighted by Gasteiger charge is -2.09. The number of carbonyl (C=O) groups is 1. The smallest absolute Gasteiger partial charge is 0.191 e. The molecule has 0 unspecified atom stereocenters. The van der Waals surface area contributed by atoms with E-state index < -0.39 is 11.6 Å². The summed E-state index contributed by atoms with van der Waals surface area (Å²) in [5.41, 5.74) is 2.23. The molecule has 27 heavy (non-hydrogen) atoms. The van der Waals surface area contributed by atoms with E-state index in [0.717, 1.165) is 42.0 Å². The molecule has 0 aliphatic carbocycles. The maximum atomic E-state index is 13.3. The first-order valence-corrected chi connectivity index (χ1v) is 9.59. The van der Waals surface area contributed by atoms with E-state index in [1.54, 1.807) is 0 Å². The highest BCUT2D eigenvalue weighted by Crippen LogP contribution is 2.25. The van der Waals surface area contributed by atoms with Crippen LogP contribution in [0.4, 0.5) is 8.78 Å². The second-order valence-electron chi connectivity index (χ2n) is 6.17. The molecular formula is C20H19F2N3OS. The highest BCUT2D eigenvalue weighted by Gasteiger charge is 2.16. The van der Waals surface area contributed by atoms with Gasteiger partial charge in [-0.3, -0.25) is 4.79 Å². The van der Waals surface area contributed by atoms with Crippen molar-refractivity contribution >= 4 is 17.5 Å². The molecule has 0 aliphatic heterocycles. The van der Waals surface area contributed by atoms with Crippen LogP contribution >= 0.6 is 11.8 Å². The molecule has 4 nitrogen and oxygen atoms in total. The first kappa shape index (κ1) is 19.2. The molecule has 0 radical (unpaired) electrons. The lowest BCUT2D eigenvalue weighted by molar-refractivity contribution is 0.102. The highest BCUT2D eigenvalue weighted by molar-refractivity contribution is 7.99. The van der Waals surface area contributed by atoms with E-state index in [1.165, 1.54) is 17.8 Å². The monoisotopic (exact) mass is 387 g/mol. The number of thioether (sulfide) groups is 1. The van der Waals surface area contributed by atoms with Crippen LogP contribution in [0, 0.1) is 18.6 Å². The zero-order valence-electron chi connectivity index (χ0n) is 15.1. The van der Waals surface area contributed by atoms with Crippen molar-refractivity contribution in [2.45, 2.75) is 32.0 Å². The van der Waals surface area contributed by atoms with Crippen LogP contribution in [0.2, 0.25) is 0 Å². The Morgan fingerprint density at radius 3 is 2.63 bits per heavy atom. The molecule has 0 saturated carbocycles. The number of aromatic nitrogens is 3. The second-order valence-corrected chi connectivity index (χ2v) is 7.11. The number of halogens is 2. The van der Waals surface area contributed by atoms with Gasteiger partial charge in [-0.15, -0.1) is 10.2 Å². The van der Waals surface area contributed by atoms with Gasteiger partial charge in [0.15, 0.2) is 28.4 Å². The lowest BCUT2D eigenvalue weighted by atomic mass is 10.1. The van der Waals surface area contributed by atoms with Crippen LogP contribution in [0.15, 0.2) is 47.6 Å². The Morgan fingerprint density at radius 1 is 1.11 bits per heavy atom. The fraction of sp³-hybridized carbons (Fsp3) is 0.250. The van der Waals surface area contributed by atoms with Crippen molar-refractivity contribution in [2.75, 3.05) is 5.75 Å². The minimum atomic E-state index is -1.03. The summed E-state index contributed by atoms with van der Waals surface area (Å²) < 4.78 is 28.3. The normalized spacial score (nSPS) is 11.0. The average molecular weight is 387 g/mol. The van der Waals surface area contributed by atoms with E-state index in [9.17, 15) is 13.6 Å². The molecule has 0 spiro atoms. The molecule has 1 aromatic heterocycles. The van der Waals surface area contributed by atoms with Crippen LogP contribution in [0.1, 0.15) is 29.3 Å². The van der Waals surface area contributed by atoms with Crippen LogP contribution in [-0.2, 0) is 6.54 Å². The fourth-order valence-corrected chi connectivity index (χ4v) is 3.56. The summed E-state index contributed by atoms with van der Waals surface area (Å²) in [5, 5.41) is 9.15. The van der Waals surface area contributed by atoms with Gasteiger partial charge in [-0.2, -0.15) is 0 Å². The van der Waals surface area contributed by atoms with Gasteiger partial charge in [0.2, 0.25) is 0 Å². The quantitative estimate of drug-likeness (QED) is 0.427. The van der Waals surface area contributed by atoms with Gasteiger partial charge < -0.3 is 4.57 Å². The number of hydrogen-bond donors (Lipinski definition) is 0. The van der Waals surface area contributed by atoms with E-state index in [1.807, 2.05) is 35.8 Å². The Morgan fingerprint density at radius 2 is 1.93 bits per heavy atom. The number of carbonyl (C=O) groups excluding carboxylic acids is 1. The second kappa shape index (κ2) is 8.43. The van der Waals surface area contributed by atoms with Crippen LogP contribution in [-0.4, -0.2) is 26.3 Å². The van der Waals surface area contributed by atoms with Gasteiger partial charge >= 0.3 is 0 Å². The molecule has 140 valence electrons. The van der Waals surface area contributed by atoms with Gasteiger partial charge in [-0.1, -0.05) is 42.4 Å². The number of ketones is 1. The molecular weight excluding hydrogens is 368 g/mol. The van der Waals surface area contributed by atoms with Gasteiger partial charge in [0, 0.05) is 17.7 Å². The van der Waals surface area contributed by atoms with E-state index >= 15 is 0 Å². The van der Waals surface area contributed by atoms with E-state index in [4.69, 9.17) is 0 Å². The fourth-order valence-electron chi connectivity index (χ4n) is 2.70. The minimum Gasteiger partial charge on any atom is -0.302 e. The SMILES string of the molecule is CCCn1c(SCC(=O)c2ccc(F)c(F)c2)nnc1-c1cccc(C)c1. The van der Waals surface area contributed by atoms with Crippen LogP contribution < -0.4 is 0 Å². The van der Waals surface area contributed by atoms with Gasteiger partial charge in [0.05, 0.1) is 5.75 Å². The lowest BCUT2D eigenvalue weighted by Crippen LogP contribution is -2.06. The molecule has 1 heterocycles. The van der Waals surface area contributed by atoms with Crippen LogP contribution in [0.3, 0.4) is 0 Å². The summed E-state index contributed by atoms with van der Waals surface area (Å²) in [6.07, 6.45) is 0.890. The first-order valence-electron chi connectivity index (χ1n) is 8.61. The van der Waals surface area contributed by atoms with Crippen molar-refractivity contribution in [2.24, 2.45) is 0 Å². The molecule has 0 saturated heterocycles. The third kappa shape index (κ3) is 4.42. The molecule has 0 N–H and O–H groups in total. The summed E-state index contributed by atoms with van der Waals surface area (Å²) >= 11 is 1.24. The van der Waals surface area contributed by atoms with E-state index in [-0.39, 0.29) is 17.1 Å². The molecule has 2 aromatic carbocycles. The first-order chi connectivity index (χ1) is 13.0. The molecule has 0 fully saturated rings. The molecule has 3 rings (SSSR count). The molecule has 3 aromatic rings. The van der Waals surface area contributed by atoms with Crippen molar-refractivity contribution in [3.63, 3.8) is 0 Å². The Kier molecular flexibility index (Phi) is 6.01. The molecule has 0 bridgehead atoms. The van der Waals surface area contributed by atoms with Gasteiger partial charge in [-0.05, 0) is 37.6 Å². The Balaban J connectivity index is 1.80. The number of Topliss-reactive ketones (excluding diaryl/α,β-unsaturated/α-hetero) is 1. The largest absolute Gasteiger partial charge is 0.302 e. The highest BCUT2D eigenvalue weighted by atomic mass is 32.2. The van der Waals surface area contributed by atoms with Crippen molar-refractivity contribution in [3.05, 3.63) is 65.2 Å². The summed E-state index contributed by atoms with van der Waals surface area (Å²) in [6.45, 7) is 4.79. The number of aryl methyl sites for hydroxylation is 1. The Bertz CT molecular complexity index is 972. The standard InChI is InChI=1S/C20H19F2N3OS/c1-3-9-25-19(15-6-4-5-13(2)10-15)23-24-20(25)27-12-18(26)14-7-8-16(21)17(22)11-14/h4-8,10-11H,3,9,12H2,1-2H3. The molecule has 0 atom stereocenters. The summed E-state index contributed by atoms with van der Waals surface area (Å²) in [4.78, 5) is 12.3.